The summed E-state index contributed by atoms with van der Waals surface area (Å²) in [7, 11) is 0. The van der Waals surface area contributed by atoms with E-state index in [9.17, 15) is 19.8 Å². The largest absolute Gasteiger partial charge is 0.508 e. The van der Waals surface area contributed by atoms with Crippen LogP contribution in [0.15, 0.2) is 72.1 Å². The molecule has 0 radical (unpaired) electrons. The molecule has 2 rings (SSSR count). The van der Waals surface area contributed by atoms with Crippen molar-refractivity contribution in [2.24, 2.45) is 5.92 Å². The molecule has 28 heavy (non-hydrogen) atoms. The van der Waals surface area contributed by atoms with Crippen molar-refractivity contribution in [3.8, 4) is 5.75 Å². The maximum atomic E-state index is 12.5. The number of benzene rings is 1. The number of hydrogen-bond acceptors (Lipinski definition) is 5. The first-order valence-corrected chi connectivity index (χ1v) is 9.14. The number of aliphatic hydroxyl groups is 2. The van der Waals surface area contributed by atoms with E-state index in [-0.39, 0.29) is 36.0 Å². The number of amides is 1. The second-order valence-corrected chi connectivity index (χ2v) is 6.50. The Morgan fingerprint density at radius 2 is 1.82 bits per heavy atom. The minimum absolute atomic E-state index is 0.0894. The molecule has 1 amide bonds. The second kappa shape index (κ2) is 10.3. The first-order valence-electron chi connectivity index (χ1n) is 9.14. The van der Waals surface area contributed by atoms with Crippen LogP contribution in [0.5, 0.6) is 5.75 Å². The monoisotopic (exact) mass is 383 g/mol. The van der Waals surface area contributed by atoms with Gasteiger partial charge in [0.15, 0.2) is 5.78 Å². The van der Waals surface area contributed by atoms with Crippen LogP contribution in [-0.2, 0) is 16.0 Å². The van der Waals surface area contributed by atoms with Crippen molar-refractivity contribution in [3.63, 3.8) is 0 Å². The van der Waals surface area contributed by atoms with Crippen LogP contribution in [0.1, 0.15) is 18.9 Å². The molecule has 4 N–H and O–H groups in total. The zero-order chi connectivity index (χ0) is 20.5. The van der Waals surface area contributed by atoms with Gasteiger partial charge in [-0.2, -0.15) is 0 Å². The fourth-order valence-corrected chi connectivity index (χ4v) is 2.74. The first kappa shape index (κ1) is 21.2. The van der Waals surface area contributed by atoms with Gasteiger partial charge in [0.25, 0.3) is 5.91 Å². The van der Waals surface area contributed by atoms with Crippen molar-refractivity contribution in [3.05, 3.63) is 77.6 Å². The Hall–Kier alpha value is -3.12. The number of allylic oxidation sites excluding steroid dienone is 5. The van der Waals surface area contributed by atoms with Gasteiger partial charge in [-0.3, -0.25) is 9.59 Å². The van der Waals surface area contributed by atoms with Crippen LogP contribution >= 0.6 is 0 Å². The predicted octanol–water partition coefficient (Wildman–Crippen LogP) is 2.50. The zero-order valence-corrected chi connectivity index (χ0v) is 15.7. The van der Waals surface area contributed by atoms with E-state index in [4.69, 9.17) is 5.11 Å². The molecule has 6 nitrogen and oxygen atoms in total. The van der Waals surface area contributed by atoms with Crippen molar-refractivity contribution in [1.82, 2.24) is 5.32 Å². The number of nitrogens with one attached hydrogen (secondary N) is 1. The number of carbonyl (C=O) groups excluding carboxylic acids is 2. The average molecular weight is 383 g/mol. The number of aromatic hydroxyl groups is 1. The molecule has 1 aliphatic rings. The number of Topliss-reactive ketones (excluding diaryl/α,β-unsaturated/α-hetero) is 1. The van der Waals surface area contributed by atoms with Gasteiger partial charge in [0.05, 0.1) is 6.04 Å². The van der Waals surface area contributed by atoms with Gasteiger partial charge in [-0.25, -0.2) is 0 Å². The smallest absolute Gasteiger partial charge is 0.259 e. The molecule has 2 atom stereocenters. The highest BCUT2D eigenvalue weighted by Gasteiger charge is 2.37. The Morgan fingerprint density at radius 1 is 1.14 bits per heavy atom. The molecule has 0 aromatic heterocycles. The quantitative estimate of drug-likeness (QED) is 0.239. The second-order valence-electron chi connectivity index (χ2n) is 6.50. The molecule has 1 aliphatic heterocycles. The van der Waals surface area contributed by atoms with E-state index in [1.54, 1.807) is 30.4 Å². The Bertz CT molecular complexity index is 814. The molecule has 0 spiro atoms. The Kier molecular flexibility index (Phi) is 7.77. The topological polar surface area (TPSA) is 107 Å². The normalized spacial score (nSPS) is 20.4. The van der Waals surface area contributed by atoms with Gasteiger partial charge in [-0.05, 0) is 36.1 Å². The summed E-state index contributed by atoms with van der Waals surface area (Å²) in [6.45, 7) is 2.07. The summed E-state index contributed by atoms with van der Waals surface area (Å²) in [6.07, 6.45) is 11.0. The summed E-state index contributed by atoms with van der Waals surface area (Å²) in [4.78, 5) is 24.5. The summed E-state index contributed by atoms with van der Waals surface area (Å²) in [5.74, 6) is -1.22. The lowest BCUT2D eigenvalue weighted by Crippen LogP contribution is -2.31. The van der Waals surface area contributed by atoms with E-state index in [1.165, 1.54) is 24.3 Å². The number of aliphatic hydroxyl groups excluding tert-OH is 2. The van der Waals surface area contributed by atoms with E-state index in [0.717, 1.165) is 12.0 Å². The molecule has 1 heterocycles. The molecule has 1 fully saturated rings. The molecule has 1 saturated heterocycles. The van der Waals surface area contributed by atoms with Crippen LogP contribution in [0, 0.1) is 5.92 Å². The summed E-state index contributed by atoms with van der Waals surface area (Å²) in [6, 6.07) is 5.63. The average Bonchev–Trinajstić information content (AvgIpc) is 2.96. The van der Waals surface area contributed by atoms with Gasteiger partial charge in [0, 0.05) is 13.0 Å². The molecule has 6 heteroatoms. The van der Waals surface area contributed by atoms with Crippen LogP contribution in [0.25, 0.3) is 0 Å². The third kappa shape index (κ3) is 5.69. The molecular formula is C22H25NO5. The van der Waals surface area contributed by atoms with E-state index in [1.807, 2.05) is 13.0 Å². The first-order chi connectivity index (χ1) is 13.5. The van der Waals surface area contributed by atoms with Crippen LogP contribution in [0.3, 0.4) is 0 Å². The lowest BCUT2D eigenvalue weighted by molar-refractivity contribution is -0.117. The van der Waals surface area contributed by atoms with Gasteiger partial charge < -0.3 is 20.6 Å². The zero-order valence-electron chi connectivity index (χ0n) is 15.7. The number of hydrogen-bond donors (Lipinski definition) is 4. The number of ketones is 1. The highest BCUT2D eigenvalue weighted by atomic mass is 16.3. The minimum Gasteiger partial charge on any atom is -0.508 e. The van der Waals surface area contributed by atoms with Crippen LogP contribution < -0.4 is 5.32 Å². The van der Waals surface area contributed by atoms with Crippen molar-refractivity contribution in [1.29, 1.82) is 0 Å². The molecule has 1 aromatic rings. The maximum absolute atomic E-state index is 12.5. The van der Waals surface area contributed by atoms with E-state index in [0.29, 0.717) is 0 Å². The molecule has 1 aromatic carbocycles. The fourth-order valence-electron chi connectivity index (χ4n) is 2.74. The fraction of sp³-hybridized carbons (Fsp3) is 0.273. The van der Waals surface area contributed by atoms with Crippen LogP contribution in [0.2, 0.25) is 0 Å². The van der Waals surface area contributed by atoms with Crippen molar-refractivity contribution < 1.29 is 24.9 Å². The Labute approximate surface area is 164 Å². The lowest BCUT2D eigenvalue weighted by Gasteiger charge is -2.07. The maximum Gasteiger partial charge on any atom is 0.259 e. The molecule has 148 valence electrons. The van der Waals surface area contributed by atoms with Crippen molar-refractivity contribution in [2.45, 2.75) is 25.8 Å². The highest BCUT2D eigenvalue weighted by Crippen LogP contribution is 2.19. The highest BCUT2D eigenvalue weighted by molar-refractivity contribution is 6.27. The van der Waals surface area contributed by atoms with E-state index in [2.05, 4.69) is 5.32 Å². The predicted molar refractivity (Wildman–Crippen MR) is 107 cm³/mol. The summed E-state index contributed by atoms with van der Waals surface area (Å²) in [5.41, 5.74) is 0.533. The summed E-state index contributed by atoms with van der Waals surface area (Å²) < 4.78 is 0. The van der Waals surface area contributed by atoms with Gasteiger partial charge in [0.1, 0.15) is 17.1 Å². The molecule has 0 bridgehead atoms. The van der Waals surface area contributed by atoms with E-state index >= 15 is 0 Å². The summed E-state index contributed by atoms with van der Waals surface area (Å²) >= 11 is 0. The Balaban J connectivity index is 2.01. The molecular weight excluding hydrogens is 358 g/mol. The summed E-state index contributed by atoms with van der Waals surface area (Å²) in [5, 5.41) is 31.1. The lowest BCUT2D eigenvalue weighted by atomic mass is 10.0. The van der Waals surface area contributed by atoms with Crippen molar-refractivity contribution in [2.75, 3.05) is 6.61 Å². The third-order valence-electron chi connectivity index (χ3n) is 4.46. The number of phenols is 1. The Morgan fingerprint density at radius 3 is 2.46 bits per heavy atom. The van der Waals surface area contributed by atoms with Crippen LogP contribution in [-0.4, -0.2) is 39.7 Å². The number of rotatable bonds is 8. The minimum atomic E-state index is -0.745. The van der Waals surface area contributed by atoms with Crippen molar-refractivity contribution >= 4 is 11.7 Å². The standard InChI is InChI=1S/C22H25NO5/c1-2-15(14-24)7-5-3-4-6-8-19(26)20-21(27)18(23-22(20)28)13-16-9-11-17(25)12-10-16/h3-12,15,18,24-26H,2,13-14H2,1H3,(H,23,28)/b4-3+,7-5+,8-6+,20-19+/t15-,18+/m0/s1. The van der Waals surface area contributed by atoms with Gasteiger partial charge in [-0.1, -0.05) is 49.4 Å². The third-order valence-corrected chi connectivity index (χ3v) is 4.46. The molecule has 0 unspecified atom stereocenters. The SMILES string of the molecule is CC[C@@H](/C=C/C=C/C=C/C(O)=C1\C(=O)N[C@H](Cc2ccc(O)cc2)C1=O)CO. The van der Waals surface area contributed by atoms with Gasteiger partial charge in [0.2, 0.25) is 0 Å². The number of carbonyl (C=O) groups is 2. The van der Waals surface area contributed by atoms with Gasteiger partial charge in [-0.15, -0.1) is 0 Å². The van der Waals surface area contributed by atoms with Crippen LogP contribution in [0.4, 0.5) is 0 Å². The van der Waals surface area contributed by atoms with E-state index < -0.39 is 17.7 Å². The molecule has 0 aliphatic carbocycles. The molecule has 0 saturated carbocycles. The van der Waals surface area contributed by atoms with Gasteiger partial charge >= 0.3 is 0 Å². The number of phenolic OH excluding ortho intramolecular Hbond substituents is 1.